The maximum absolute atomic E-state index is 4.53. The number of fused-ring (bicyclic) bond motifs is 1. The van der Waals surface area contributed by atoms with Crippen molar-refractivity contribution in [1.29, 1.82) is 0 Å². The molecule has 0 bridgehead atoms. The molecule has 0 spiro atoms. The lowest BCUT2D eigenvalue weighted by molar-refractivity contribution is 0.533. The fraction of sp³-hybridized carbons (Fsp3) is 0.462. The van der Waals surface area contributed by atoms with Gasteiger partial charge in [-0.1, -0.05) is 5.92 Å². The summed E-state index contributed by atoms with van der Waals surface area (Å²) < 4.78 is 0. The molecule has 2 unspecified atom stereocenters. The topological polar surface area (TPSA) is 28.2 Å². The van der Waals surface area contributed by atoms with Gasteiger partial charge in [-0.2, -0.15) is 0 Å². The highest BCUT2D eigenvalue weighted by atomic mass is 127. The minimum absolute atomic E-state index is 0.807. The zero-order valence-electron chi connectivity index (χ0n) is 9.90. The Morgan fingerprint density at radius 3 is 2.72 bits per heavy atom. The van der Waals surface area contributed by atoms with Crippen LogP contribution >= 0.6 is 30.1 Å². The van der Waals surface area contributed by atoms with Gasteiger partial charge in [-0.25, -0.2) is 4.98 Å². The summed E-state index contributed by atoms with van der Waals surface area (Å²) in [5.74, 6) is 5.78. The Hall–Kier alpha value is -0.450. The van der Waals surface area contributed by atoms with Crippen LogP contribution in [0.3, 0.4) is 0 Å². The standard InChI is InChI=1S/C13H14IN3S/c14-18-4-3-10-1-2-13(16-5-10)17-8-11-6-15-7-12(11)9-17/h1-2,5,11-12,15H,6-9H2. The number of halogens is 1. The molecule has 18 heavy (non-hydrogen) atoms. The number of hydrogen-bond donors (Lipinski definition) is 1. The van der Waals surface area contributed by atoms with Crippen molar-refractivity contribution in [2.24, 2.45) is 11.8 Å². The molecule has 3 rings (SSSR count). The molecule has 0 saturated carbocycles. The van der Waals surface area contributed by atoms with E-state index in [0.29, 0.717) is 0 Å². The molecule has 1 N–H and O–H groups in total. The fourth-order valence-electron chi connectivity index (χ4n) is 2.77. The van der Waals surface area contributed by atoms with Gasteiger partial charge in [0, 0.05) is 59.1 Å². The van der Waals surface area contributed by atoms with Crippen molar-refractivity contribution in [2.75, 3.05) is 31.1 Å². The molecule has 0 amide bonds. The van der Waals surface area contributed by atoms with Gasteiger partial charge in [0.25, 0.3) is 0 Å². The minimum atomic E-state index is 0.807. The van der Waals surface area contributed by atoms with E-state index in [2.05, 4.69) is 59.7 Å². The van der Waals surface area contributed by atoms with E-state index in [1.165, 1.54) is 8.93 Å². The van der Waals surface area contributed by atoms with Crippen LogP contribution in [-0.2, 0) is 0 Å². The van der Waals surface area contributed by atoms with Crippen molar-refractivity contribution < 1.29 is 0 Å². The molecule has 3 nitrogen and oxygen atoms in total. The van der Waals surface area contributed by atoms with Crippen molar-refractivity contribution in [3.05, 3.63) is 23.9 Å². The first-order valence-electron chi connectivity index (χ1n) is 6.07. The summed E-state index contributed by atoms with van der Waals surface area (Å²) in [5.41, 5.74) is 0.990. The van der Waals surface area contributed by atoms with Crippen molar-refractivity contribution in [3.8, 4) is 11.2 Å². The molecule has 0 aliphatic carbocycles. The number of rotatable bonds is 1. The van der Waals surface area contributed by atoms with Gasteiger partial charge in [-0.05, 0) is 38.2 Å². The minimum Gasteiger partial charge on any atom is -0.356 e. The van der Waals surface area contributed by atoms with E-state index in [0.717, 1.165) is 49.4 Å². The first-order valence-corrected chi connectivity index (χ1v) is 9.43. The first-order chi connectivity index (χ1) is 8.86. The monoisotopic (exact) mass is 371 g/mol. The smallest absolute Gasteiger partial charge is 0.128 e. The van der Waals surface area contributed by atoms with Crippen LogP contribution in [-0.4, -0.2) is 31.2 Å². The lowest BCUT2D eigenvalue weighted by Gasteiger charge is -2.18. The predicted octanol–water partition coefficient (Wildman–Crippen LogP) is 2.13. The maximum atomic E-state index is 4.53. The number of anilines is 1. The van der Waals surface area contributed by atoms with Gasteiger partial charge in [-0.3, -0.25) is 0 Å². The molecule has 2 atom stereocenters. The molecule has 5 heteroatoms. The summed E-state index contributed by atoms with van der Waals surface area (Å²) in [5, 5.41) is 6.44. The van der Waals surface area contributed by atoms with Crippen LogP contribution < -0.4 is 10.2 Å². The molecule has 2 aliphatic rings. The van der Waals surface area contributed by atoms with Gasteiger partial charge in [0.1, 0.15) is 5.82 Å². The average Bonchev–Trinajstić information content (AvgIpc) is 2.97. The second-order valence-electron chi connectivity index (χ2n) is 4.79. The van der Waals surface area contributed by atoms with E-state index < -0.39 is 0 Å². The Bertz CT molecular complexity index is 467. The molecule has 94 valence electrons. The summed E-state index contributed by atoms with van der Waals surface area (Å²) in [6.45, 7) is 4.60. The molecule has 1 aromatic heterocycles. The van der Waals surface area contributed by atoms with E-state index in [-0.39, 0.29) is 0 Å². The Morgan fingerprint density at radius 2 is 2.11 bits per heavy atom. The van der Waals surface area contributed by atoms with Crippen LogP contribution in [0.2, 0.25) is 0 Å². The lowest BCUT2D eigenvalue weighted by atomic mass is 10.0. The predicted molar refractivity (Wildman–Crippen MR) is 84.8 cm³/mol. The van der Waals surface area contributed by atoms with Gasteiger partial charge in [0.2, 0.25) is 0 Å². The summed E-state index contributed by atoms with van der Waals surface area (Å²) in [6, 6.07) is 4.16. The molecular weight excluding hydrogens is 357 g/mol. The second kappa shape index (κ2) is 5.68. The van der Waals surface area contributed by atoms with Crippen molar-refractivity contribution in [2.45, 2.75) is 0 Å². The summed E-state index contributed by atoms with van der Waals surface area (Å²) in [7, 11) is 1.50. The van der Waals surface area contributed by atoms with Crippen molar-refractivity contribution in [1.82, 2.24) is 10.3 Å². The van der Waals surface area contributed by atoms with E-state index in [9.17, 15) is 0 Å². The van der Waals surface area contributed by atoms with Crippen LogP contribution in [0.15, 0.2) is 18.3 Å². The SMILES string of the molecule is ISC#Cc1ccc(N2CC3CNCC3C2)nc1. The van der Waals surface area contributed by atoms with Crippen LogP contribution in [0.25, 0.3) is 0 Å². The summed E-state index contributed by atoms with van der Waals surface area (Å²) in [6.07, 6.45) is 1.88. The van der Waals surface area contributed by atoms with Crippen molar-refractivity contribution in [3.63, 3.8) is 0 Å². The van der Waals surface area contributed by atoms with Crippen LogP contribution in [0.5, 0.6) is 0 Å². The normalized spacial score (nSPS) is 25.7. The first kappa shape index (κ1) is 12.6. The Kier molecular flexibility index (Phi) is 3.97. The van der Waals surface area contributed by atoms with E-state index in [1.54, 1.807) is 0 Å². The summed E-state index contributed by atoms with van der Waals surface area (Å²) >= 11 is 2.18. The quantitative estimate of drug-likeness (QED) is 0.605. The number of nitrogens with one attached hydrogen (secondary N) is 1. The van der Waals surface area contributed by atoms with Gasteiger partial charge >= 0.3 is 0 Å². The fourth-order valence-corrected chi connectivity index (χ4v) is 3.25. The van der Waals surface area contributed by atoms with Crippen molar-refractivity contribution >= 4 is 36.0 Å². The molecule has 2 saturated heterocycles. The molecule has 2 aliphatic heterocycles. The zero-order valence-corrected chi connectivity index (χ0v) is 12.9. The highest BCUT2D eigenvalue weighted by molar-refractivity contribution is 14.2. The zero-order chi connectivity index (χ0) is 12.4. The third-order valence-electron chi connectivity index (χ3n) is 3.70. The molecule has 3 heterocycles. The van der Waals surface area contributed by atoms with Crippen LogP contribution in [0.4, 0.5) is 5.82 Å². The second-order valence-corrected chi connectivity index (χ2v) is 6.47. The molecular formula is C13H14IN3S. The third-order valence-corrected chi connectivity index (χ3v) is 4.54. The molecule has 0 aromatic carbocycles. The maximum Gasteiger partial charge on any atom is 0.128 e. The van der Waals surface area contributed by atoms with E-state index in [1.807, 2.05) is 6.20 Å². The van der Waals surface area contributed by atoms with Gasteiger partial charge < -0.3 is 10.2 Å². The Labute approximate surface area is 124 Å². The Morgan fingerprint density at radius 1 is 1.33 bits per heavy atom. The van der Waals surface area contributed by atoms with Crippen LogP contribution in [0.1, 0.15) is 5.56 Å². The average molecular weight is 371 g/mol. The lowest BCUT2D eigenvalue weighted by Crippen LogP contribution is -2.26. The number of hydrogen-bond acceptors (Lipinski definition) is 4. The van der Waals surface area contributed by atoms with E-state index in [4.69, 9.17) is 0 Å². The third kappa shape index (κ3) is 2.60. The molecule has 0 radical (unpaired) electrons. The largest absolute Gasteiger partial charge is 0.356 e. The van der Waals surface area contributed by atoms with Gasteiger partial charge in [0.05, 0.1) is 0 Å². The van der Waals surface area contributed by atoms with E-state index >= 15 is 0 Å². The highest BCUT2D eigenvalue weighted by Gasteiger charge is 2.36. The Balaban J connectivity index is 1.70. The van der Waals surface area contributed by atoms with Gasteiger partial charge in [-0.15, -0.1) is 0 Å². The van der Waals surface area contributed by atoms with Crippen LogP contribution in [0, 0.1) is 23.0 Å². The molecule has 2 fully saturated rings. The number of aromatic nitrogens is 1. The van der Waals surface area contributed by atoms with Gasteiger partial charge in [0.15, 0.2) is 0 Å². The molecule has 1 aromatic rings. The highest BCUT2D eigenvalue weighted by Crippen LogP contribution is 2.29. The summed E-state index contributed by atoms with van der Waals surface area (Å²) in [4.78, 5) is 6.94. The number of nitrogens with zero attached hydrogens (tertiary/aromatic N) is 2. The number of pyridine rings is 1.